The van der Waals surface area contributed by atoms with Gasteiger partial charge in [0.1, 0.15) is 6.04 Å². The second-order valence-electron chi connectivity index (χ2n) is 5.07. The zero-order chi connectivity index (χ0) is 15.9. The van der Waals surface area contributed by atoms with Gasteiger partial charge in [0, 0.05) is 17.7 Å². The van der Waals surface area contributed by atoms with Crippen molar-refractivity contribution in [3.05, 3.63) is 0 Å². The lowest BCUT2D eigenvalue weighted by atomic mass is 9.84. The number of carbonyl (C=O) groups excluding carboxylic acids is 2. The van der Waals surface area contributed by atoms with Crippen LogP contribution in [0.2, 0.25) is 0 Å². The molecule has 0 spiro atoms. The molecule has 0 aromatic carbocycles. The van der Waals surface area contributed by atoms with Crippen LogP contribution < -0.4 is 10.6 Å². The number of carboxylic acid groups (broad SMARTS) is 1. The van der Waals surface area contributed by atoms with Crippen molar-refractivity contribution < 1.29 is 24.2 Å². The van der Waals surface area contributed by atoms with Crippen LogP contribution in [-0.4, -0.2) is 53.8 Å². The summed E-state index contributed by atoms with van der Waals surface area (Å²) in [6.07, 6.45) is 5.22. The number of amides is 2. The molecule has 0 bridgehead atoms. The molecular formula is C13H22N2O5S. The summed E-state index contributed by atoms with van der Waals surface area (Å²) < 4.78 is 4.54. The first-order valence-electron chi connectivity index (χ1n) is 6.81. The number of aliphatic carboxylic acids is 1. The van der Waals surface area contributed by atoms with Crippen molar-refractivity contribution in [3.8, 4) is 0 Å². The highest BCUT2D eigenvalue weighted by molar-refractivity contribution is 8.00. The van der Waals surface area contributed by atoms with Crippen LogP contribution in [0.15, 0.2) is 0 Å². The topological polar surface area (TPSA) is 105 Å². The summed E-state index contributed by atoms with van der Waals surface area (Å²) in [6.45, 7) is 0.517. The number of hydrogen-bond donors (Lipinski definition) is 3. The minimum Gasteiger partial charge on any atom is -0.480 e. The number of carbonyl (C=O) groups is 3. The minimum atomic E-state index is -1.17. The van der Waals surface area contributed by atoms with Crippen LogP contribution in [0.1, 0.15) is 32.1 Å². The molecule has 21 heavy (non-hydrogen) atoms. The molecule has 1 aliphatic carbocycles. The number of urea groups is 1. The third-order valence-electron chi connectivity index (χ3n) is 3.74. The molecule has 120 valence electrons. The van der Waals surface area contributed by atoms with E-state index in [1.807, 2.05) is 6.26 Å². The van der Waals surface area contributed by atoms with Gasteiger partial charge < -0.3 is 20.5 Å². The van der Waals surface area contributed by atoms with Gasteiger partial charge in [0.05, 0.1) is 7.11 Å². The Morgan fingerprint density at radius 1 is 1.38 bits per heavy atom. The van der Waals surface area contributed by atoms with Gasteiger partial charge in [0.25, 0.3) is 0 Å². The highest BCUT2D eigenvalue weighted by atomic mass is 32.2. The number of thioether (sulfide) groups is 1. The van der Waals surface area contributed by atoms with Crippen LogP contribution in [0.3, 0.4) is 0 Å². The van der Waals surface area contributed by atoms with Crippen molar-refractivity contribution in [1.82, 2.24) is 10.6 Å². The molecule has 3 N–H and O–H groups in total. The van der Waals surface area contributed by atoms with E-state index >= 15 is 0 Å². The second-order valence-corrected chi connectivity index (χ2v) is 6.35. The molecule has 0 aromatic heterocycles. The first-order chi connectivity index (χ1) is 9.92. The van der Waals surface area contributed by atoms with E-state index in [0.29, 0.717) is 6.54 Å². The molecule has 8 heteroatoms. The molecule has 0 radical (unpaired) electrons. The van der Waals surface area contributed by atoms with Crippen LogP contribution in [0.5, 0.6) is 0 Å². The van der Waals surface area contributed by atoms with Crippen LogP contribution in [0, 0.1) is 0 Å². The predicted molar refractivity (Wildman–Crippen MR) is 79.3 cm³/mol. The maximum atomic E-state index is 11.8. The summed E-state index contributed by atoms with van der Waals surface area (Å²) in [5.41, 5.74) is 0. The SMILES string of the molecule is COC(=O)CC[C@H](NC(=O)NCC1(SC)CCC1)C(=O)O. The number of nitrogens with one attached hydrogen (secondary N) is 2. The van der Waals surface area contributed by atoms with E-state index in [4.69, 9.17) is 5.11 Å². The summed E-state index contributed by atoms with van der Waals surface area (Å²) in [4.78, 5) is 33.8. The fraction of sp³-hybridized carbons (Fsp3) is 0.769. The molecule has 0 heterocycles. The van der Waals surface area contributed by atoms with Crippen molar-refractivity contribution in [2.24, 2.45) is 0 Å². The summed E-state index contributed by atoms with van der Waals surface area (Å²) in [6, 6.07) is -1.62. The maximum absolute atomic E-state index is 11.8. The molecule has 0 unspecified atom stereocenters. The molecule has 0 aliphatic heterocycles. The number of esters is 1. The first-order valence-corrected chi connectivity index (χ1v) is 8.04. The monoisotopic (exact) mass is 318 g/mol. The summed E-state index contributed by atoms with van der Waals surface area (Å²) in [7, 11) is 1.23. The van der Waals surface area contributed by atoms with Gasteiger partial charge in [-0.2, -0.15) is 11.8 Å². The Kier molecular flexibility index (Phi) is 6.80. The average molecular weight is 318 g/mol. The van der Waals surface area contributed by atoms with Crippen molar-refractivity contribution >= 4 is 29.7 Å². The lowest BCUT2D eigenvalue weighted by Gasteiger charge is -2.40. The molecule has 1 fully saturated rings. The molecule has 1 saturated carbocycles. The number of carboxylic acids is 1. The lowest BCUT2D eigenvalue weighted by molar-refractivity contribution is -0.142. The fourth-order valence-corrected chi connectivity index (χ4v) is 3.01. The van der Waals surface area contributed by atoms with Crippen LogP contribution in [-0.2, 0) is 14.3 Å². The van der Waals surface area contributed by atoms with E-state index in [2.05, 4.69) is 15.4 Å². The van der Waals surface area contributed by atoms with Crippen molar-refractivity contribution in [2.45, 2.75) is 42.9 Å². The molecule has 1 aliphatic rings. The second kappa shape index (κ2) is 8.11. The standard InChI is InChI=1S/C13H22N2O5S/c1-20-10(16)5-4-9(11(17)18)15-12(19)14-8-13(21-2)6-3-7-13/h9H,3-8H2,1-2H3,(H,17,18)(H2,14,15,19)/t9-/m0/s1. The number of methoxy groups -OCH3 is 1. The number of ether oxygens (including phenoxy) is 1. The highest BCUT2D eigenvalue weighted by Gasteiger charge is 2.36. The summed E-state index contributed by atoms with van der Waals surface area (Å²) >= 11 is 1.72. The van der Waals surface area contributed by atoms with E-state index < -0.39 is 24.0 Å². The smallest absolute Gasteiger partial charge is 0.326 e. The number of hydrogen-bond acceptors (Lipinski definition) is 5. The van der Waals surface area contributed by atoms with Gasteiger partial charge in [-0.05, 0) is 25.5 Å². The molecule has 1 atom stereocenters. The Bertz CT molecular complexity index is 393. The fourth-order valence-electron chi connectivity index (χ4n) is 2.10. The average Bonchev–Trinajstić information content (AvgIpc) is 2.41. The third kappa shape index (κ3) is 5.45. The molecule has 2 amide bonds. The van der Waals surface area contributed by atoms with E-state index in [1.165, 1.54) is 7.11 Å². The zero-order valence-electron chi connectivity index (χ0n) is 12.3. The van der Waals surface area contributed by atoms with Crippen LogP contribution >= 0.6 is 11.8 Å². The van der Waals surface area contributed by atoms with Crippen LogP contribution in [0.25, 0.3) is 0 Å². The van der Waals surface area contributed by atoms with E-state index in [0.717, 1.165) is 19.3 Å². The van der Waals surface area contributed by atoms with Gasteiger partial charge in [-0.1, -0.05) is 6.42 Å². The normalized spacial score (nSPS) is 17.2. The van der Waals surface area contributed by atoms with Crippen molar-refractivity contribution in [3.63, 3.8) is 0 Å². The Hall–Kier alpha value is -1.44. The summed E-state index contributed by atoms with van der Waals surface area (Å²) in [5, 5.41) is 14.1. The minimum absolute atomic E-state index is 0.00307. The highest BCUT2D eigenvalue weighted by Crippen LogP contribution is 2.42. The maximum Gasteiger partial charge on any atom is 0.326 e. The molecule has 7 nitrogen and oxygen atoms in total. The van der Waals surface area contributed by atoms with Gasteiger partial charge in [-0.25, -0.2) is 9.59 Å². The van der Waals surface area contributed by atoms with Crippen LogP contribution in [0.4, 0.5) is 4.79 Å². The molecule has 0 aromatic rings. The van der Waals surface area contributed by atoms with Gasteiger partial charge in [0.2, 0.25) is 0 Å². The van der Waals surface area contributed by atoms with Crippen molar-refractivity contribution in [1.29, 1.82) is 0 Å². The van der Waals surface area contributed by atoms with Gasteiger partial charge >= 0.3 is 18.0 Å². The number of rotatable bonds is 8. The Labute approximate surface area is 128 Å². The Morgan fingerprint density at radius 2 is 2.05 bits per heavy atom. The third-order valence-corrected chi connectivity index (χ3v) is 5.16. The van der Waals surface area contributed by atoms with Gasteiger partial charge in [-0.15, -0.1) is 0 Å². The van der Waals surface area contributed by atoms with Gasteiger partial charge in [0.15, 0.2) is 0 Å². The van der Waals surface area contributed by atoms with Crippen molar-refractivity contribution in [2.75, 3.05) is 19.9 Å². The Balaban J connectivity index is 2.38. The largest absolute Gasteiger partial charge is 0.480 e. The zero-order valence-corrected chi connectivity index (χ0v) is 13.1. The van der Waals surface area contributed by atoms with E-state index in [1.54, 1.807) is 11.8 Å². The molecule has 1 rings (SSSR count). The van der Waals surface area contributed by atoms with Gasteiger partial charge in [-0.3, -0.25) is 4.79 Å². The molecular weight excluding hydrogens is 296 g/mol. The molecule has 0 saturated heterocycles. The summed E-state index contributed by atoms with van der Waals surface area (Å²) in [5.74, 6) is -1.67. The lowest BCUT2D eigenvalue weighted by Crippen LogP contribution is -2.51. The quantitative estimate of drug-likeness (QED) is 0.576. The van der Waals surface area contributed by atoms with E-state index in [-0.39, 0.29) is 17.6 Å². The Morgan fingerprint density at radius 3 is 2.48 bits per heavy atom. The van der Waals surface area contributed by atoms with E-state index in [9.17, 15) is 14.4 Å². The predicted octanol–water partition coefficient (Wildman–Crippen LogP) is 0.978. The first kappa shape index (κ1) is 17.6.